The van der Waals surface area contributed by atoms with Crippen LogP contribution in [0.4, 0.5) is 5.69 Å². The Morgan fingerprint density at radius 1 is 0.889 bits per heavy atom. The highest BCUT2D eigenvalue weighted by Gasteiger charge is 2.09. The van der Waals surface area contributed by atoms with Crippen molar-refractivity contribution in [2.75, 3.05) is 5.32 Å². The minimum atomic E-state index is 0.411. The highest BCUT2D eigenvalue weighted by molar-refractivity contribution is 5.45. The van der Waals surface area contributed by atoms with Crippen molar-refractivity contribution in [3.05, 3.63) is 66.2 Å². The van der Waals surface area contributed by atoms with E-state index in [1.165, 1.54) is 30.5 Å². The topological polar surface area (TPSA) is 12.0 Å². The molecule has 1 N–H and O–H groups in total. The van der Waals surface area contributed by atoms with Gasteiger partial charge in [-0.2, -0.15) is 0 Å². The van der Waals surface area contributed by atoms with E-state index in [-0.39, 0.29) is 0 Å². The summed E-state index contributed by atoms with van der Waals surface area (Å²) in [6.07, 6.45) is 3.66. The second-order valence-electron chi connectivity index (χ2n) is 4.62. The zero-order valence-electron chi connectivity index (χ0n) is 11.0. The molecular weight excluding hydrogens is 218 g/mol. The van der Waals surface area contributed by atoms with Gasteiger partial charge >= 0.3 is 0 Å². The number of anilines is 1. The van der Waals surface area contributed by atoms with Crippen molar-refractivity contribution in [3.63, 3.8) is 0 Å². The van der Waals surface area contributed by atoms with Crippen LogP contribution in [0.2, 0.25) is 0 Å². The van der Waals surface area contributed by atoms with Crippen molar-refractivity contribution in [2.24, 2.45) is 0 Å². The van der Waals surface area contributed by atoms with E-state index in [9.17, 15) is 0 Å². The highest BCUT2D eigenvalue weighted by Crippen LogP contribution is 2.24. The minimum Gasteiger partial charge on any atom is -0.378 e. The molecule has 0 radical (unpaired) electrons. The molecule has 0 saturated carbocycles. The van der Waals surface area contributed by atoms with Gasteiger partial charge in [0.2, 0.25) is 0 Å². The van der Waals surface area contributed by atoms with Crippen LogP contribution in [0.25, 0.3) is 0 Å². The number of unbranched alkanes of at least 4 members (excludes halogenated alkanes) is 1. The molecule has 18 heavy (non-hydrogen) atoms. The number of benzene rings is 2. The summed E-state index contributed by atoms with van der Waals surface area (Å²) in [4.78, 5) is 0. The third kappa shape index (κ3) is 3.63. The fraction of sp³-hybridized carbons (Fsp3) is 0.294. The lowest BCUT2D eigenvalue weighted by atomic mass is 10.0. The first kappa shape index (κ1) is 12.7. The standard InChI is InChI=1S/C17H21N/c1-2-3-14-17(15-10-6-4-7-11-15)18-16-12-8-5-9-13-16/h4-13,17-18H,2-3,14H2,1H3/t17-/m0/s1. The van der Waals surface area contributed by atoms with Gasteiger partial charge in [0, 0.05) is 5.69 Å². The van der Waals surface area contributed by atoms with Gasteiger partial charge in [0.15, 0.2) is 0 Å². The second kappa shape index (κ2) is 6.85. The molecular formula is C17H21N. The molecule has 0 aliphatic rings. The van der Waals surface area contributed by atoms with Gasteiger partial charge in [0.05, 0.1) is 6.04 Å². The van der Waals surface area contributed by atoms with E-state index in [0.29, 0.717) is 6.04 Å². The third-order valence-electron chi connectivity index (χ3n) is 3.16. The molecule has 0 aliphatic heterocycles. The fourth-order valence-electron chi connectivity index (χ4n) is 2.15. The lowest BCUT2D eigenvalue weighted by molar-refractivity contribution is 0.634. The Bertz CT molecular complexity index is 436. The Labute approximate surface area is 110 Å². The van der Waals surface area contributed by atoms with Crippen molar-refractivity contribution in [2.45, 2.75) is 32.2 Å². The summed E-state index contributed by atoms with van der Waals surface area (Å²) >= 11 is 0. The summed E-state index contributed by atoms with van der Waals surface area (Å²) in [5, 5.41) is 3.63. The van der Waals surface area contributed by atoms with Crippen LogP contribution in [-0.2, 0) is 0 Å². The molecule has 2 aromatic carbocycles. The zero-order valence-corrected chi connectivity index (χ0v) is 11.0. The van der Waals surface area contributed by atoms with Crippen molar-refractivity contribution in [1.29, 1.82) is 0 Å². The molecule has 0 heterocycles. The van der Waals surface area contributed by atoms with Gasteiger partial charge in [-0.1, -0.05) is 68.3 Å². The second-order valence-corrected chi connectivity index (χ2v) is 4.62. The van der Waals surface area contributed by atoms with Crippen molar-refractivity contribution in [3.8, 4) is 0 Å². The Hall–Kier alpha value is -1.76. The Balaban J connectivity index is 2.10. The van der Waals surface area contributed by atoms with E-state index in [1.54, 1.807) is 0 Å². The molecule has 94 valence electrons. The summed E-state index contributed by atoms with van der Waals surface area (Å²) in [5.74, 6) is 0. The predicted octanol–water partition coefficient (Wildman–Crippen LogP) is 5.03. The van der Waals surface area contributed by atoms with Gasteiger partial charge in [-0.3, -0.25) is 0 Å². The maximum Gasteiger partial charge on any atom is 0.0513 e. The first-order valence-corrected chi connectivity index (χ1v) is 6.76. The molecule has 0 saturated heterocycles. The molecule has 2 rings (SSSR count). The average Bonchev–Trinajstić information content (AvgIpc) is 2.45. The van der Waals surface area contributed by atoms with Crippen LogP contribution in [0.1, 0.15) is 37.8 Å². The number of hydrogen-bond donors (Lipinski definition) is 1. The lowest BCUT2D eigenvalue weighted by Gasteiger charge is -2.20. The van der Waals surface area contributed by atoms with Crippen LogP contribution in [0, 0.1) is 0 Å². The molecule has 0 bridgehead atoms. The smallest absolute Gasteiger partial charge is 0.0513 e. The van der Waals surface area contributed by atoms with Crippen LogP contribution in [0.5, 0.6) is 0 Å². The molecule has 0 spiro atoms. The summed E-state index contributed by atoms with van der Waals surface area (Å²) < 4.78 is 0. The number of hydrogen-bond acceptors (Lipinski definition) is 1. The van der Waals surface area contributed by atoms with E-state index in [2.05, 4.69) is 72.9 Å². The molecule has 0 unspecified atom stereocenters. The van der Waals surface area contributed by atoms with Gasteiger partial charge in [-0.15, -0.1) is 0 Å². The molecule has 1 heteroatoms. The number of rotatable bonds is 6. The van der Waals surface area contributed by atoms with E-state index < -0.39 is 0 Å². The van der Waals surface area contributed by atoms with Crippen molar-refractivity contribution in [1.82, 2.24) is 0 Å². The van der Waals surface area contributed by atoms with Gasteiger partial charge in [-0.25, -0.2) is 0 Å². The third-order valence-corrected chi connectivity index (χ3v) is 3.16. The summed E-state index contributed by atoms with van der Waals surface area (Å²) in [6.45, 7) is 2.24. The molecule has 2 aromatic rings. The van der Waals surface area contributed by atoms with Crippen LogP contribution < -0.4 is 5.32 Å². The van der Waals surface area contributed by atoms with Gasteiger partial charge in [-0.05, 0) is 24.1 Å². The molecule has 1 atom stereocenters. The van der Waals surface area contributed by atoms with Crippen LogP contribution >= 0.6 is 0 Å². The molecule has 0 aromatic heterocycles. The molecule has 0 amide bonds. The first-order chi connectivity index (χ1) is 8.90. The van der Waals surface area contributed by atoms with E-state index in [0.717, 1.165) is 0 Å². The SMILES string of the molecule is CCCC[C@H](Nc1ccccc1)c1ccccc1. The Morgan fingerprint density at radius 2 is 1.50 bits per heavy atom. The van der Waals surface area contributed by atoms with E-state index in [1.807, 2.05) is 0 Å². The summed E-state index contributed by atoms with van der Waals surface area (Å²) in [7, 11) is 0. The quantitative estimate of drug-likeness (QED) is 0.745. The van der Waals surface area contributed by atoms with E-state index >= 15 is 0 Å². The van der Waals surface area contributed by atoms with E-state index in [4.69, 9.17) is 0 Å². The highest BCUT2D eigenvalue weighted by atomic mass is 14.9. The van der Waals surface area contributed by atoms with Crippen LogP contribution in [-0.4, -0.2) is 0 Å². The summed E-state index contributed by atoms with van der Waals surface area (Å²) in [5.41, 5.74) is 2.57. The first-order valence-electron chi connectivity index (χ1n) is 6.76. The maximum absolute atomic E-state index is 3.63. The minimum absolute atomic E-state index is 0.411. The van der Waals surface area contributed by atoms with Gasteiger partial charge in [0.1, 0.15) is 0 Å². The van der Waals surface area contributed by atoms with Crippen molar-refractivity contribution >= 4 is 5.69 Å². The fourth-order valence-corrected chi connectivity index (χ4v) is 2.15. The lowest BCUT2D eigenvalue weighted by Crippen LogP contribution is -2.10. The largest absolute Gasteiger partial charge is 0.378 e. The Kier molecular flexibility index (Phi) is 4.83. The van der Waals surface area contributed by atoms with Gasteiger partial charge < -0.3 is 5.32 Å². The molecule has 0 fully saturated rings. The normalized spacial score (nSPS) is 12.1. The predicted molar refractivity (Wildman–Crippen MR) is 78.8 cm³/mol. The van der Waals surface area contributed by atoms with Crippen molar-refractivity contribution < 1.29 is 0 Å². The number of para-hydroxylation sites is 1. The average molecular weight is 239 g/mol. The zero-order chi connectivity index (χ0) is 12.6. The Morgan fingerprint density at radius 3 is 2.11 bits per heavy atom. The number of nitrogens with one attached hydrogen (secondary N) is 1. The van der Waals surface area contributed by atoms with Gasteiger partial charge in [0.25, 0.3) is 0 Å². The summed E-state index contributed by atoms with van der Waals surface area (Å²) in [6, 6.07) is 21.6. The molecule has 0 aliphatic carbocycles. The van der Waals surface area contributed by atoms with Crippen LogP contribution in [0.3, 0.4) is 0 Å². The monoisotopic (exact) mass is 239 g/mol. The van der Waals surface area contributed by atoms with Crippen LogP contribution in [0.15, 0.2) is 60.7 Å². The molecule has 1 nitrogen and oxygen atoms in total. The maximum atomic E-state index is 3.63.